The van der Waals surface area contributed by atoms with Gasteiger partial charge >= 0.3 is 0 Å². The van der Waals surface area contributed by atoms with Crippen molar-refractivity contribution in [2.75, 3.05) is 45.8 Å². The van der Waals surface area contributed by atoms with Gasteiger partial charge in [0.2, 0.25) is 23.6 Å². The number of fused-ring (bicyclic) bond motifs is 3. The predicted octanol–water partition coefficient (Wildman–Crippen LogP) is 7.54. The Morgan fingerprint density at radius 2 is 1.70 bits per heavy atom. The number of piperazine rings is 1. The summed E-state index contributed by atoms with van der Waals surface area (Å²) < 4.78 is 2.05. The second-order valence-corrected chi connectivity index (χ2v) is 23.9. The number of hydrogen-bond donors (Lipinski definition) is 3. The Morgan fingerprint density at radius 1 is 0.986 bits per heavy atom. The fraction of sp³-hybridized carbons (Fsp3) is 0.527. The molecule has 0 bridgehead atoms. The number of benzene rings is 1. The highest BCUT2D eigenvalue weighted by atomic mass is 35.5. The smallest absolute Gasteiger partial charge is 0.246 e. The van der Waals surface area contributed by atoms with Crippen LogP contribution >= 0.6 is 34.3 Å². The minimum atomic E-state index is -0.925. The fourth-order valence-corrected chi connectivity index (χ4v) is 12.8. The third kappa shape index (κ3) is 11.8. The van der Waals surface area contributed by atoms with Crippen LogP contribution in [0.3, 0.4) is 0 Å². The van der Waals surface area contributed by atoms with E-state index in [1.165, 1.54) is 4.90 Å². The summed E-state index contributed by atoms with van der Waals surface area (Å²) in [5.41, 5.74) is 7.57. The third-order valence-electron chi connectivity index (χ3n) is 15.2. The molecule has 16 nitrogen and oxygen atoms in total. The van der Waals surface area contributed by atoms with Crippen molar-refractivity contribution in [1.29, 1.82) is 0 Å². The average molecular weight is 1070 g/mol. The van der Waals surface area contributed by atoms with E-state index < -0.39 is 29.6 Å². The second kappa shape index (κ2) is 22.8. The number of thiophene rings is 1. The van der Waals surface area contributed by atoms with E-state index in [2.05, 4.69) is 67.5 Å². The number of β-amino-alcohol motifs (C(OH)–C–C–N with tert-alkyl or cyclic N) is 1. The summed E-state index contributed by atoms with van der Waals surface area (Å²) in [4.78, 5) is 76.3. The van der Waals surface area contributed by atoms with E-state index in [9.17, 15) is 24.3 Å². The molecule has 0 unspecified atom stereocenters. The predicted molar refractivity (Wildman–Crippen MR) is 294 cm³/mol. The molecule has 0 aliphatic carbocycles. The van der Waals surface area contributed by atoms with E-state index in [0.717, 1.165) is 80.2 Å². The lowest BCUT2D eigenvalue weighted by molar-refractivity contribution is -0.144. The summed E-state index contributed by atoms with van der Waals surface area (Å²) in [6.07, 6.45) is 6.54. The molecule has 4 aliphatic rings. The molecule has 4 aromatic rings. The van der Waals surface area contributed by atoms with E-state index >= 15 is 0 Å². The normalized spacial score (nSPS) is 22.0. The molecular formula is C55H72ClN11O5S2. The lowest BCUT2D eigenvalue weighted by Gasteiger charge is -2.45. The number of rotatable bonds is 14. The molecule has 6 atom stereocenters. The van der Waals surface area contributed by atoms with Crippen LogP contribution in [0.25, 0.3) is 15.4 Å². The molecule has 3 N–H and O–H groups in total. The number of aryl methyl sites for hydroxylation is 3. The molecule has 0 radical (unpaired) electrons. The zero-order valence-corrected chi connectivity index (χ0v) is 46.8. The van der Waals surface area contributed by atoms with Gasteiger partial charge in [0.25, 0.3) is 0 Å². The van der Waals surface area contributed by atoms with Gasteiger partial charge in [0.05, 0.1) is 46.9 Å². The van der Waals surface area contributed by atoms with Gasteiger partial charge in [0, 0.05) is 73.2 Å². The van der Waals surface area contributed by atoms with Crippen molar-refractivity contribution in [3.8, 4) is 15.4 Å². The molecule has 8 rings (SSSR count). The van der Waals surface area contributed by atoms with Gasteiger partial charge in [-0.2, -0.15) is 0 Å². The van der Waals surface area contributed by atoms with Crippen molar-refractivity contribution in [2.24, 2.45) is 10.4 Å². The van der Waals surface area contributed by atoms with Gasteiger partial charge in [-0.25, -0.2) is 4.98 Å². The Balaban J connectivity index is 0.844. The molecule has 19 heteroatoms. The van der Waals surface area contributed by atoms with Crippen molar-refractivity contribution < 1.29 is 24.3 Å². The first-order valence-corrected chi connectivity index (χ1v) is 27.8. The Labute approximate surface area is 448 Å². The highest BCUT2D eigenvalue weighted by Crippen LogP contribution is 2.40. The number of thiazole rings is 1. The van der Waals surface area contributed by atoms with Gasteiger partial charge in [0.1, 0.15) is 29.0 Å². The largest absolute Gasteiger partial charge is 0.391 e. The zero-order chi connectivity index (χ0) is 53.3. The topological polar surface area (TPSA) is 181 Å². The number of hydrogen-bond acceptors (Lipinski definition) is 13. The van der Waals surface area contributed by atoms with E-state index in [1.807, 2.05) is 101 Å². The summed E-state index contributed by atoms with van der Waals surface area (Å²) in [7, 11) is 0. The van der Waals surface area contributed by atoms with Gasteiger partial charge in [-0.3, -0.25) is 38.5 Å². The molecule has 4 amide bonds. The molecule has 74 heavy (non-hydrogen) atoms. The average Bonchev–Trinajstić information content (AvgIpc) is 4.14. The number of aliphatic hydroxyl groups excluding tert-OH is 1. The number of aliphatic imine (C=N–C) groups is 1. The molecule has 0 spiro atoms. The quantitative estimate of drug-likeness (QED) is 0.107. The summed E-state index contributed by atoms with van der Waals surface area (Å²) >= 11 is 9.59. The molecule has 1 aromatic carbocycles. The van der Waals surface area contributed by atoms with Crippen LogP contribution in [0.15, 0.2) is 70.2 Å². The Bertz CT molecular complexity index is 2850. The standard InChI is InChI=1S/C55H72ClN11O5S2/c1-12-40(56)18-13-31(2)48-47-33(4)36(7)74-54(47)67-37(8)61-62-51(67)43(59-48)26-46(70)63-21-19-41(20-22-63)65-24-23-64(32(3)27-65)29-45(69)60-50(55(9,10)11)53(72)66-28-42(68)25-44(66)52(71)58-34(5)38-14-16-39(17-15-38)49-35(6)57-30-73-49/h12-18,30,32,34,41-44,50,68H,2,19-29H2,1,3-11H3,(H,58,71)(H,60,69)/b18-13-,40-12+/t32-,34+,42-,43+,44+,50-/m1/s1. The van der Waals surface area contributed by atoms with Crippen LogP contribution in [-0.2, 0) is 19.2 Å². The minimum absolute atomic E-state index is 0.000775. The van der Waals surface area contributed by atoms with Crippen molar-refractivity contribution in [1.82, 2.24) is 50.0 Å². The molecule has 3 aromatic heterocycles. The summed E-state index contributed by atoms with van der Waals surface area (Å²) in [5, 5.41) is 27.5. The van der Waals surface area contributed by atoms with E-state index in [0.29, 0.717) is 36.1 Å². The second-order valence-electron chi connectivity index (χ2n) is 21.4. The van der Waals surface area contributed by atoms with Crippen LogP contribution in [0, 0.1) is 33.1 Å². The maximum atomic E-state index is 14.4. The van der Waals surface area contributed by atoms with E-state index in [4.69, 9.17) is 16.6 Å². The number of carbonyl (C=O) groups is 4. The van der Waals surface area contributed by atoms with Gasteiger partial charge in [-0.05, 0) is 95.1 Å². The van der Waals surface area contributed by atoms with Crippen molar-refractivity contribution >= 4 is 63.6 Å². The van der Waals surface area contributed by atoms with Crippen LogP contribution < -0.4 is 10.6 Å². The Kier molecular flexibility index (Phi) is 16.9. The summed E-state index contributed by atoms with van der Waals surface area (Å²) in [5.74, 6) is 0.384. The Hall–Kier alpha value is -5.37. The maximum Gasteiger partial charge on any atom is 0.246 e. The molecular weight excluding hydrogens is 994 g/mol. The molecule has 3 saturated heterocycles. The van der Waals surface area contributed by atoms with Crippen LogP contribution in [0.2, 0.25) is 0 Å². The van der Waals surface area contributed by atoms with Crippen LogP contribution in [0.5, 0.6) is 0 Å². The monoisotopic (exact) mass is 1070 g/mol. The number of aromatic nitrogens is 4. The van der Waals surface area contributed by atoms with E-state index in [-0.39, 0.29) is 67.7 Å². The number of amides is 4. The van der Waals surface area contributed by atoms with Gasteiger partial charge in [-0.15, -0.1) is 32.9 Å². The number of nitrogens with one attached hydrogen (secondary N) is 2. The number of allylic oxidation sites excluding steroid dienone is 5. The SMILES string of the molecule is C=C(/C=C\C(Cl)=C/C)C1=N[C@@H](CC(=O)N2CCC(N3CCN(CC(=O)N[C@H](C(=O)N4C[C@H](O)C[C@H]4C(=O)N[C@@H](C)c4ccc(-c5scnc5C)cc4)C(C)(C)C)[C@H](C)C3)CC2)c2nnc(C)n2-c2sc(C)c(C)c21. The first kappa shape index (κ1) is 54.9. The van der Waals surface area contributed by atoms with Crippen molar-refractivity contribution in [3.63, 3.8) is 0 Å². The zero-order valence-electron chi connectivity index (χ0n) is 44.4. The first-order chi connectivity index (χ1) is 35.1. The number of piperidine rings is 1. The number of nitrogens with zero attached hydrogens (tertiary/aromatic N) is 9. The lowest BCUT2D eigenvalue weighted by Crippen LogP contribution is -2.61. The first-order valence-electron chi connectivity index (χ1n) is 25.8. The van der Waals surface area contributed by atoms with Gasteiger partial charge in [0.15, 0.2) is 5.82 Å². The number of halogens is 1. The highest BCUT2D eigenvalue weighted by molar-refractivity contribution is 7.15. The van der Waals surface area contributed by atoms with Crippen LogP contribution in [0.4, 0.5) is 0 Å². The Morgan fingerprint density at radius 3 is 2.35 bits per heavy atom. The van der Waals surface area contributed by atoms with Crippen molar-refractivity contribution in [3.05, 3.63) is 104 Å². The van der Waals surface area contributed by atoms with Crippen LogP contribution in [-0.4, -0.2) is 150 Å². The van der Waals surface area contributed by atoms with Gasteiger partial charge in [-0.1, -0.05) is 75.4 Å². The molecule has 4 aliphatic heterocycles. The molecule has 0 saturated carbocycles. The number of likely N-dealkylation sites (tertiary alicyclic amines) is 2. The highest BCUT2D eigenvalue weighted by Gasteiger charge is 2.45. The minimum Gasteiger partial charge on any atom is -0.391 e. The van der Waals surface area contributed by atoms with Gasteiger partial charge < -0.3 is 25.5 Å². The number of carbonyl (C=O) groups excluding carboxylic acids is 4. The summed E-state index contributed by atoms with van der Waals surface area (Å²) in [6.45, 7) is 27.6. The fourth-order valence-electron chi connectivity index (χ4n) is 10.7. The van der Waals surface area contributed by atoms with Crippen LogP contribution in [0.1, 0.15) is 118 Å². The maximum absolute atomic E-state index is 14.4. The molecule has 7 heterocycles. The molecule has 3 fully saturated rings. The summed E-state index contributed by atoms with van der Waals surface area (Å²) in [6, 6.07) is 5.62. The molecule has 396 valence electrons. The van der Waals surface area contributed by atoms with E-state index in [1.54, 1.807) is 22.7 Å². The van der Waals surface area contributed by atoms with Crippen molar-refractivity contribution in [2.45, 2.75) is 137 Å². The number of aliphatic hydroxyl groups is 1. The lowest BCUT2D eigenvalue weighted by atomic mass is 9.85. The third-order valence-corrected chi connectivity index (χ3v) is 17.7.